The molecule has 0 saturated heterocycles. The Labute approximate surface area is 109 Å². The van der Waals surface area contributed by atoms with E-state index in [-0.39, 0.29) is 18.2 Å². The van der Waals surface area contributed by atoms with Gasteiger partial charge in [-0.2, -0.15) is 5.10 Å². The van der Waals surface area contributed by atoms with Crippen LogP contribution in [0.2, 0.25) is 0 Å². The molecule has 1 aromatic rings. The highest BCUT2D eigenvalue weighted by Gasteiger charge is 2.36. The molecule has 0 spiro atoms. The second kappa shape index (κ2) is 5.54. The van der Waals surface area contributed by atoms with Gasteiger partial charge in [0.15, 0.2) is 11.6 Å². The van der Waals surface area contributed by atoms with Crippen molar-refractivity contribution in [2.45, 2.75) is 38.7 Å². The quantitative estimate of drug-likeness (QED) is 0.912. The van der Waals surface area contributed by atoms with Gasteiger partial charge in [-0.05, 0) is 6.92 Å². The Morgan fingerprint density at radius 2 is 1.95 bits per heavy atom. The minimum Gasteiger partial charge on any atom is -0.303 e. The van der Waals surface area contributed by atoms with E-state index in [1.54, 1.807) is 6.92 Å². The Kier molecular flexibility index (Phi) is 4.01. The Balaban J connectivity index is 2.08. The molecule has 1 aliphatic heterocycles. The van der Waals surface area contributed by atoms with Crippen LogP contribution in [-0.4, -0.2) is 34.1 Å². The molecule has 1 aliphatic rings. The first kappa shape index (κ1) is 13.8. The maximum absolute atomic E-state index is 13.9. The normalized spacial score (nSPS) is 25.6. The van der Waals surface area contributed by atoms with Crippen LogP contribution in [-0.2, 0) is 0 Å². The lowest BCUT2D eigenvalue weighted by molar-refractivity contribution is 0.178. The van der Waals surface area contributed by atoms with Crippen LogP contribution in [0.5, 0.6) is 0 Å². The summed E-state index contributed by atoms with van der Waals surface area (Å²) in [6.45, 7) is 3.07. The molecule has 0 aliphatic carbocycles. The average molecular weight is 272 g/mol. The van der Waals surface area contributed by atoms with Gasteiger partial charge in [0, 0.05) is 12.3 Å². The third-order valence-electron chi connectivity index (χ3n) is 3.09. The molecule has 0 amide bonds. The maximum atomic E-state index is 13.9. The molecule has 7 heteroatoms. The van der Waals surface area contributed by atoms with E-state index in [0.29, 0.717) is 5.71 Å². The van der Waals surface area contributed by atoms with E-state index in [0.717, 1.165) is 12.4 Å². The van der Waals surface area contributed by atoms with Crippen molar-refractivity contribution in [3.05, 3.63) is 24.0 Å². The van der Waals surface area contributed by atoms with E-state index in [9.17, 15) is 13.2 Å². The first-order chi connectivity index (χ1) is 8.99. The van der Waals surface area contributed by atoms with Crippen molar-refractivity contribution >= 4 is 5.71 Å². The van der Waals surface area contributed by atoms with Gasteiger partial charge >= 0.3 is 0 Å². The van der Waals surface area contributed by atoms with Crippen LogP contribution < -0.4 is 5.43 Å². The van der Waals surface area contributed by atoms with E-state index in [2.05, 4.69) is 20.5 Å². The van der Waals surface area contributed by atoms with Gasteiger partial charge in [0.2, 0.25) is 0 Å². The van der Waals surface area contributed by atoms with Gasteiger partial charge in [0.25, 0.3) is 0 Å². The minimum atomic E-state index is -1.35. The van der Waals surface area contributed by atoms with Crippen molar-refractivity contribution in [2.24, 2.45) is 11.0 Å². The van der Waals surface area contributed by atoms with E-state index in [1.165, 1.54) is 6.92 Å². The molecular weight excluding hydrogens is 257 g/mol. The van der Waals surface area contributed by atoms with Crippen molar-refractivity contribution < 1.29 is 13.2 Å². The fourth-order valence-electron chi connectivity index (χ4n) is 2.08. The Bertz CT molecular complexity index is 461. The van der Waals surface area contributed by atoms with E-state index in [4.69, 9.17) is 0 Å². The molecule has 19 heavy (non-hydrogen) atoms. The van der Waals surface area contributed by atoms with Gasteiger partial charge in [0.1, 0.15) is 18.1 Å². The summed E-state index contributed by atoms with van der Waals surface area (Å²) in [5.74, 6) is -0.599. The summed E-state index contributed by atoms with van der Waals surface area (Å²) in [6.07, 6.45) is -0.690. The van der Waals surface area contributed by atoms with Crippen LogP contribution in [0.25, 0.3) is 0 Å². The molecule has 104 valence electrons. The highest BCUT2D eigenvalue weighted by atomic mass is 19.1. The van der Waals surface area contributed by atoms with Crippen LogP contribution >= 0.6 is 0 Å². The van der Waals surface area contributed by atoms with Crippen LogP contribution in [0.15, 0.2) is 17.5 Å². The lowest BCUT2D eigenvalue weighted by Crippen LogP contribution is -2.38. The molecule has 0 saturated carbocycles. The van der Waals surface area contributed by atoms with Crippen molar-refractivity contribution in [1.29, 1.82) is 0 Å². The Morgan fingerprint density at radius 3 is 2.53 bits per heavy atom. The maximum Gasteiger partial charge on any atom is 0.176 e. The zero-order valence-corrected chi connectivity index (χ0v) is 10.6. The van der Waals surface area contributed by atoms with Gasteiger partial charge < -0.3 is 5.43 Å². The molecule has 2 heterocycles. The Morgan fingerprint density at radius 1 is 1.32 bits per heavy atom. The van der Waals surface area contributed by atoms with E-state index >= 15 is 0 Å². The molecule has 1 N–H and O–H groups in total. The number of rotatable bonds is 4. The summed E-state index contributed by atoms with van der Waals surface area (Å²) in [6, 6.07) is -0.609. The van der Waals surface area contributed by atoms with Crippen LogP contribution in [0.1, 0.15) is 26.1 Å². The van der Waals surface area contributed by atoms with Gasteiger partial charge in [-0.25, -0.2) is 23.1 Å². The number of hydrogen-bond acceptors (Lipinski definition) is 4. The van der Waals surface area contributed by atoms with Crippen molar-refractivity contribution in [3.63, 3.8) is 0 Å². The standard InChI is InChI=1S/C12H15F3N4/c1-6(13)3-9(15)10-7(2)11(19-18-10)12-16-4-8(14)5-17-12/h4-7,9-10,18H,3H2,1-2H3. The van der Waals surface area contributed by atoms with E-state index in [1.807, 2.05) is 0 Å². The predicted octanol–water partition coefficient (Wildman–Crippen LogP) is 2.01. The summed E-state index contributed by atoms with van der Waals surface area (Å²) in [7, 11) is 0. The van der Waals surface area contributed by atoms with Gasteiger partial charge in [-0.3, -0.25) is 0 Å². The molecule has 2 rings (SSSR count). The summed E-state index contributed by atoms with van der Waals surface area (Å²) in [4.78, 5) is 7.62. The number of hydrazone groups is 1. The zero-order chi connectivity index (χ0) is 14.0. The molecule has 4 unspecified atom stereocenters. The second-order valence-electron chi connectivity index (χ2n) is 4.70. The third-order valence-corrected chi connectivity index (χ3v) is 3.09. The first-order valence-corrected chi connectivity index (χ1v) is 6.08. The number of alkyl halides is 2. The topological polar surface area (TPSA) is 50.2 Å². The molecule has 4 nitrogen and oxygen atoms in total. The Hall–Kier alpha value is -1.66. The number of nitrogens with zero attached hydrogens (tertiary/aromatic N) is 3. The monoisotopic (exact) mass is 272 g/mol. The van der Waals surface area contributed by atoms with E-state index < -0.39 is 24.2 Å². The largest absolute Gasteiger partial charge is 0.303 e. The zero-order valence-electron chi connectivity index (χ0n) is 10.6. The highest BCUT2D eigenvalue weighted by Crippen LogP contribution is 2.23. The molecule has 0 aromatic carbocycles. The van der Waals surface area contributed by atoms with Crippen molar-refractivity contribution in [3.8, 4) is 0 Å². The minimum absolute atomic E-state index is 0.185. The lowest BCUT2D eigenvalue weighted by atomic mass is 9.92. The SMILES string of the molecule is CC(F)CC(F)C1NN=C(c2ncc(F)cn2)C1C. The van der Waals surface area contributed by atoms with Crippen molar-refractivity contribution in [2.75, 3.05) is 0 Å². The number of halogens is 3. The molecular formula is C12H15F3N4. The fourth-order valence-corrected chi connectivity index (χ4v) is 2.08. The van der Waals surface area contributed by atoms with Gasteiger partial charge in [-0.15, -0.1) is 0 Å². The smallest absolute Gasteiger partial charge is 0.176 e. The van der Waals surface area contributed by atoms with Gasteiger partial charge in [0.05, 0.1) is 18.4 Å². The summed E-state index contributed by atoms with van der Waals surface area (Å²) in [5.41, 5.74) is 3.10. The lowest BCUT2D eigenvalue weighted by Gasteiger charge is -2.20. The third kappa shape index (κ3) is 3.02. The number of aromatic nitrogens is 2. The molecule has 0 bridgehead atoms. The molecule has 0 fully saturated rings. The molecule has 1 aromatic heterocycles. The average Bonchev–Trinajstić information content (AvgIpc) is 2.71. The summed E-state index contributed by atoms with van der Waals surface area (Å²) in [5, 5.41) is 3.98. The fraction of sp³-hybridized carbons (Fsp3) is 0.583. The predicted molar refractivity (Wildman–Crippen MR) is 64.7 cm³/mol. The number of nitrogens with one attached hydrogen (secondary N) is 1. The van der Waals surface area contributed by atoms with Crippen LogP contribution in [0, 0.1) is 11.7 Å². The van der Waals surface area contributed by atoms with Crippen LogP contribution in [0.3, 0.4) is 0 Å². The summed E-state index contributed by atoms with van der Waals surface area (Å²) < 4.78 is 39.4. The molecule has 4 atom stereocenters. The number of hydrogen-bond donors (Lipinski definition) is 1. The van der Waals surface area contributed by atoms with Crippen LogP contribution in [0.4, 0.5) is 13.2 Å². The summed E-state index contributed by atoms with van der Waals surface area (Å²) >= 11 is 0. The second-order valence-corrected chi connectivity index (χ2v) is 4.70. The first-order valence-electron chi connectivity index (χ1n) is 6.08. The van der Waals surface area contributed by atoms with Gasteiger partial charge in [-0.1, -0.05) is 6.92 Å². The highest BCUT2D eigenvalue weighted by molar-refractivity contribution is 6.00. The van der Waals surface area contributed by atoms with Crippen molar-refractivity contribution in [1.82, 2.24) is 15.4 Å². The molecule has 0 radical (unpaired) electrons.